The normalized spacial score (nSPS) is 11.3. The van der Waals surface area contributed by atoms with Gasteiger partial charge in [-0.25, -0.2) is 4.98 Å². The van der Waals surface area contributed by atoms with Gasteiger partial charge >= 0.3 is 0 Å². The maximum atomic E-state index is 12.4. The molecule has 0 saturated heterocycles. The number of fused-ring (bicyclic) bond motifs is 1. The molecule has 0 saturated carbocycles. The first-order valence-corrected chi connectivity index (χ1v) is 10.7. The van der Waals surface area contributed by atoms with E-state index in [1.54, 1.807) is 22.8 Å². The number of rotatable bonds is 7. The highest BCUT2D eigenvalue weighted by Crippen LogP contribution is 2.26. The summed E-state index contributed by atoms with van der Waals surface area (Å²) < 4.78 is 26.8. The van der Waals surface area contributed by atoms with E-state index in [0.717, 1.165) is 0 Å². The Bertz CT molecular complexity index is 1000. The maximum Gasteiger partial charge on any atom is 0.288 e. The second kappa shape index (κ2) is 8.85. The lowest BCUT2D eigenvalue weighted by Crippen LogP contribution is -2.22. The minimum absolute atomic E-state index is 0.0790. The van der Waals surface area contributed by atoms with E-state index < -0.39 is 5.76 Å². The Morgan fingerprint density at radius 3 is 2.70 bits per heavy atom. The van der Waals surface area contributed by atoms with Crippen LogP contribution in [0.2, 0.25) is 0 Å². The van der Waals surface area contributed by atoms with Crippen molar-refractivity contribution in [3.63, 3.8) is 0 Å². The van der Waals surface area contributed by atoms with Crippen molar-refractivity contribution >= 4 is 56.7 Å². The van der Waals surface area contributed by atoms with Gasteiger partial charge in [-0.1, -0.05) is 23.5 Å². The van der Waals surface area contributed by atoms with Crippen molar-refractivity contribution < 1.29 is 13.6 Å². The van der Waals surface area contributed by atoms with E-state index in [4.69, 9.17) is 0 Å². The van der Waals surface area contributed by atoms with E-state index in [1.807, 2.05) is 12.3 Å². The molecule has 0 radical (unpaired) electrons. The van der Waals surface area contributed by atoms with Crippen LogP contribution in [0.5, 0.6) is 0 Å². The molecular formula is C17H15F2N3O2S3. The second-order valence-electron chi connectivity index (χ2n) is 5.32. The Morgan fingerprint density at radius 2 is 2.04 bits per heavy atom. The quantitative estimate of drug-likeness (QED) is 0.444. The number of halogens is 2. The van der Waals surface area contributed by atoms with Crippen molar-refractivity contribution in [1.82, 2.24) is 9.55 Å². The topological polar surface area (TPSA) is 64.0 Å². The molecule has 0 fully saturated rings. The molecule has 3 rings (SSSR count). The van der Waals surface area contributed by atoms with Gasteiger partial charge in [0, 0.05) is 17.1 Å². The number of benzene rings is 1. The number of anilines is 1. The third-order valence-corrected chi connectivity index (χ3v) is 6.13. The molecule has 0 bridgehead atoms. The number of hydrogen-bond donors (Lipinski definition) is 1. The van der Waals surface area contributed by atoms with Gasteiger partial charge in [-0.2, -0.15) is 8.78 Å². The number of carbonyl (C=O) groups is 1. The highest BCUT2D eigenvalue weighted by Gasteiger charge is 2.13. The van der Waals surface area contributed by atoms with Gasteiger partial charge in [0.05, 0.1) is 11.3 Å². The number of nitrogens with zero attached hydrogens (tertiary/aromatic N) is 2. The van der Waals surface area contributed by atoms with Crippen LogP contribution in [0, 0.1) is 0 Å². The van der Waals surface area contributed by atoms with Gasteiger partial charge in [-0.05, 0) is 42.6 Å². The van der Waals surface area contributed by atoms with Crippen LogP contribution in [0.25, 0.3) is 10.2 Å². The number of aromatic nitrogens is 2. The highest BCUT2D eigenvalue weighted by atomic mass is 32.2. The summed E-state index contributed by atoms with van der Waals surface area (Å²) in [5.41, 5.74) is 1.05. The number of nitrogens with one attached hydrogen (secondary N) is 1. The van der Waals surface area contributed by atoms with Crippen LogP contribution < -0.4 is 10.9 Å². The Morgan fingerprint density at radius 1 is 1.30 bits per heavy atom. The number of hydrogen-bond acceptors (Lipinski definition) is 6. The van der Waals surface area contributed by atoms with Crippen molar-refractivity contribution in [3.05, 3.63) is 46.1 Å². The van der Waals surface area contributed by atoms with Crippen LogP contribution in [0.1, 0.15) is 6.92 Å². The molecule has 0 aliphatic rings. The predicted octanol–water partition coefficient (Wildman–Crippen LogP) is 4.52. The van der Waals surface area contributed by atoms with E-state index in [1.165, 1.54) is 35.2 Å². The zero-order chi connectivity index (χ0) is 19.4. The Kier molecular flexibility index (Phi) is 6.51. The van der Waals surface area contributed by atoms with Crippen molar-refractivity contribution in [2.75, 3.05) is 11.1 Å². The molecular weight excluding hydrogens is 412 g/mol. The van der Waals surface area contributed by atoms with Crippen LogP contribution in [0.4, 0.5) is 14.5 Å². The van der Waals surface area contributed by atoms with Crippen LogP contribution in [0.3, 0.4) is 0 Å². The molecule has 3 aromatic rings. The SMILES string of the molecule is CCn1c(SCC(=O)Nc2ccc(SC(F)F)cc2)nc2ccsc2c1=O. The maximum absolute atomic E-state index is 12.4. The zero-order valence-corrected chi connectivity index (χ0v) is 16.6. The molecule has 2 aromatic heterocycles. The fourth-order valence-electron chi connectivity index (χ4n) is 2.36. The van der Waals surface area contributed by atoms with Crippen molar-refractivity contribution in [1.29, 1.82) is 0 Å². The van der Waals surface area contributed by atoms with Crippen LogP contribution in [0.15, 0.2) is 50.6 Å². The lowest BCUT2D eigenvalue weighted by atomic mass is 10.3. The first-order valence-electron chi connectivity index (χ1n) is 7.93. The number of carbonyl (C=O) groups excluding carboxylic acids is 1. The van der Waals surface area contributed by atoms with E-state index in [0.29, 0.717) is 44.3 Å². The molecule has 0 spiro atoms. The van der Waals surface area contributed by atoms with Crippen LogP contribution in [-0.2, 0) is 11.3 Å². The monoisotopic (exact) mass is 427 g/mol. The van der Waals surface area contributed by atoms with Gasteiger partial charge in [0.25, 0.3) is 11.3 Å². The number of thioether (sulfide) groups is 2. The molecule has 0 atom stereocenters. The largest absolute Gasteiger partial charge is 0.325 e. The molecule has 1 amide bonds. The molecule has 5 nitrogen and oxygen atoms in total. The Balaban J connectivity index is 1.65. The number of amides is 1. The summed E-state index contributed by atoms with van der Waals surface area (Å²) in [7, 11) is 0. The smallest absolute Gasteiger partial charge is 0.288 e. The summed E-state index contributed by atoms with van der Waals surface area (Å²) >= 11 is 2.98. The number of thiophene rings is 1. The van der Waals surface area contributed by atoms with Gasteiger partial charge in [0.15, 0.2) is 5.16 Å². The summed E-state index contributed by atoms with van der Waals surface area (Å²) in [6.07, 6.45) is 0. The lowest BCUT2D eigenvalue weighted by Gasteiger charge is -2.10. The van der Waals surface area contributed by atoms with Crippen molar-refractivity contribution in [2.45, 2.75) is 29.3 Å². The lowest BCUT2D eigenvalue weighted by molar-refractivity contribution is -0.113. The third-order valence-electron chi connectivity index (χ3n) is 3.54. The van der Waals surface area contributed by atoms with E-state index >= 15 is 0 Å². The van der Waals surface area contributed by atoms with Crippen LogP contribution >= 0.6 is 34.9 Å². The van der Waals surface area contributed by atoms with E-state index in [2.05, 4.69) is 10.3 Å². The van der Waals surface area contributed by atoms with Gasteiger partial charge in [-0.15, -0.1) is 11.3 Å². The Hall–Kier alpha value is -1.91. The van der Waals surface area contributed by atoms with Crippen molar-refractivity contribution in [3.8, 4) is 0 Å². The predicted molar refractivity (Wildman–Crippen MR) is 107 cm³/mol. The van der Waals surface area contributed by atoms with E-state index in [9.17, 15) is 18.4 Å². The van der Waals surface area contributed by atoms with E-state index in [-0.39, 0.29) is 17.2 Å². The minimum atomic E-state index is -2.48. The molecule has 1 aromatic carbocycles. The minimum Gasteiger partial charge on any atom is -0.325 e. The first-order chi connectivity index (χ1) is 13.0. The van der Waals surface area contributed by atoms with Gasteiger partial charge in [0.1, 0.15) is 4.70 Å². The van der Waals surface area contributed by atoms with Gasteiger partial charge < -0.3 is 5.32 Å². The van der Waals surface area contributed by atoms with Gasteiger partial charge in [-0.3, -0.25) is 14.2 Å². The molecule has 10 heteroatoms. The fourth-order valence-corrected chi connectivity index (χ4v) is 4.50. The summed E-state index contributed by atoms with van der Waals surface area (Å²) in [6.45, 7) is 2.32. The average Bonchev–Trinajstić information content (AvgIpc) is 3.10. The summed E-state index contributed by atoms with van der Waals surface area (Å²) in [4.78, 5) is 29.5. The van der Waals surface area contributed by atoms with Gasteiger partial charge in [0.2, 0.25) is 5.91 Å². The molecule has 0 unspecified atom stereocenters. The number of alkyl halides is 2. The highest BCUT2D eigenvalue weighted by molar-refractivity contribution is 8.00. The molecule has 0 aliphatic carbocycles. The van der Waals surface area contributed by atoms with Crippen molar-refractivity contribution in [2.24, 2.45) is 0 Å². The summed E-state index contributed by atoms with van der Waals surface area (Å²) in [6, 6.07) is 7.99. The molecule has 0 aliphatic heterocycles. The molecule has 1 N–H and O–H groups in total. The third kappa shape index (κ3) is 4.88. The molecule has 27 heavy (non-hydrogen) atoms. The molecule has 142 valence electrons. The average molecular weight is 428 g/mol. The molecule has 2 heterocycles. The standard InChI is InChI=1S/C17H15F2N3O2S3/c1-2-22-15(24)14-12(7-8-25-14)21-17(22)26-9-13(23)20-10-3-5-11(6-4-10)27-16(18)19/h3-8,16H,2,9H2,1H3,(H,20,23). The Labute approximate surface area is 166 Å². The first kappa shape index (κ1) is 19.8. The summed E-state index contributed by atoms with van der Waals surface area (Å²) in [5.74, 6) is -2.67. The fraction of sp³-hybridized carbons (Fsp3) is 0.235. The summed E-state index contributed by atoms with van der Waals surface area (Å²) in [5, 5.41) is 5.02. The van der Waals surface area contributed by atoms with Crippen LogP contribution in [-0.4, -0.2) is 27.0 Å². The zero-order valence-electron chi connectivity index (χ0n) is 14.1. The second-order valence-corrected chi connectivity index (χ2v) is 8.24.